The lowest BCUT2D eigenvalue weighted by Crippen LogP contribution is -2.10. The van der Waals surface area contributed by atoms with E-state index in [9.17, 15) is 0 Å². The van der Waals surface area contributed by atoms with Crippen molar-refractivity contribution in [2.24, 2.45) is 0 Å². The first-order valence-corrected chi connectivity index (χ1v) is 12.5. The number of nitrogens with zero attached hydrogens (tertiary/aromatic N) is 2. The maximum Gasteiger partial charge on any atom is 0.115 e. The van der Waals surface area contributed by atoms with Gasteiger partial charge in [-0.15, -0.1) is 0 Å². The number of rotatable bonds is 2. The van der Waals surface area contributed by atoms with Gasteiger partial charge in [0.05, 0.1) is 0 Å². The first-order chi connectivity index (χ1) is 17.3. The number of nitrogens with one attached hydrogen (secondary N) is 1. The molecule has 2 aromatic carbocycles. The van der Waals surface area contributed by atoms with Gasteiger partial charge in [0.15, 0.2) is 0 Å². The number of fused-ring (bicyclic) bond motifs is 8. The van der Waals surface area contributed by atoms with Crippen LogP contribution in [0.4, 0.5) is 0 Å². The molecule has 3 heteroatoms. The van der Waals surface area contributed by atoms with Crippen LogP contribution in [-0.2, 0) is 19.3 Å². The van der Waals surface area contributed by atoms with Crippen LogP contribution in [0.2, 0.25) is 0 Å². The molecular formula is C32H29N3. The Labute approximate surface area is 207 Å². The Bertz CT molecular complexity index is 1400. The first-order valence-electron chi connectivity index (χ1n) is 12.5. The highest BCUT2D eigenvalue weighted by Crippen LogP contribution is 2.39. The summed E-state index contributed by atoms with van der Waals surface area (Å²) in [6.07, 6.45) is 29.6. The Kier molecular flexibility index (Phi) is 5.98. The summed E-state index contributed by atoms with van der Waals surface area (Å²) in [6.45, 7) is 0. The maximum atomic E-state index is 4.09. The Morgan fingerprint density at radius 3 is 2.51 bits per heavy atom. The SMILES string of the molecule is C1=CC2=CC=C(CC2)N1.C1=Cc2ccc3c(c2CC1)CCc1c(/C=C\c2cncnc2)cccc1-3. The smallest absolute Gasteiger partial charge is 0.115 e. The third-order valence-corrected chi connectivity index (χ3v) is 7.24. The van der Waals surface area contributed by atoms with E-state index in [0.717, 1.165) is 24.8 Å². The van der Waals surface area contributed by atoms with Gasteiger partial charge in [0.25, 0.3) is 0 Å². The lowest BCUT2D eigenvalue weighted by Gasteiger charge is -2.26. The fourth-order valence-electron chi connectivity index (χ4n) is 5.43. The summed E-state index contributed by atoms with van der Waals surface area (Å²) in [7, 11) is 0. The first kappa shape index (κ1) is 21.5. The van der Waals surface area contributed by atoms with Gasteiger partial charge in [0.2, 0.25) is 0 Å². The van der Waals surface area contributed by atoms with Gasteiger partial charge in [-0.25, -0.2) is 9.97 Å². The van der Waals surface area contributed by atoms with Crippen LogP contribution in [0.5, 0.6) is 0 Å². The van der Waals surface area contributed by atoms with Crippen LogP contribution in [0.3, 0.4) is 0 Å². The molecule has 35 heavy (non-hydrogen) atoms. The second kappa shape index (κ2) is 9.71. The Balaban J connectivity index is 0.000000212. The fourth-order valence-corrected chi connectivity index (χ4v) is 5.43. The van der Waals surface area contributed by atoms with E-state index in [2.05, 4.69) is 88.1 Å². The Hall–Kier alpha value is -3.98. The minimum Gasteiger partial charge on any atom is -0.365 e. The van der Waals surface area contributed by atoms with Crippen molar-refractivity contribution in [1.82, 2.24) is 15.3 Å². The third-order valence-electron chi connectivity index (χ3n) is 7.24. The minimum atomic E-state index is 1.03. The van der Waals surface area contributed by atoms with Crippen molar-refractivity contribution in [1.29, 1.82) is 0 Å². The predicted molar refractivity (Wildman–Crippen MR) is 145 cm³/mol. The molecule has 172 valence electrons. The lowest BCUT2D eigenvalue weighted by atomic mass is 9.78. The van der Waals surface area contributed by atoms with Crippen molar-refractivity contribution in [2.75, 3.05) is 0 Å². The molecule has 3 aromatic rings. The average molecular weight is 456 g/mol. The van der Waals surface area contributed by atoms with Gasteiger partial charge >= 0.3 is 0 Å². The van der Waals surface area contributed by atoms with Crippen molar-refractivity contribution in [3.63, 3.8) is 0 Å². The zero-order chi connectivity index (χ0) is 23.5. The molecule has 0 spiro atoms. The highest BCUT2D eigenvalue weighted by atomic mass is 14.9. The summed E-state index contributed by atoms with van der Waals surface area (Å²) in [5.41, 5.74) is 13.9. The predicted octanol–water partition coefficient (Wildman–Crippen LogP) is 7.08. The van der Waals surface area contributed by atoms with Crippen LogP contribution >= 0.6 is 0 Å². The van der Waals surface area contributed by atoms with Crippen LogP contribution in [0.15, 0.2) is 90.8 Å². The topological polar surface area (TPSA) is 37.8 Å². The normalized spacial score (nSPS) is 16.7. The lowest BCUT2D eigenvalue weighted by molar-refractivity contribution is 0.874. The van der Waals surface area contributed by atoms with Crippen molar-refractivity contribution in [3.8, 4) is 11.1 Å². The third kappa shape index (κ3) is 4.54. The molecule has 5 aliphatic rings. The van der Waals surface area contributed by atoms with Gasteiger partial charge in [0, 0.05) is 29.9 Å². The van der Waals surface area contributed by atoms with E-state index in [1.165, 1.54) is 58.3 Å². The van der Waals surface area contributed by atoms with Crippen LogP contribution in [0, 0.1) is 0 Å². The molecular weight excluding hydrogens is 426 g/mol. The molecule has 3 heterocycles. The minimum absolute atomic E-state index is 1.03. The van der Waals surface area contributed by atoms with E-state index in [1.807, 2.05) is 18.6 Å². The molecule has 8 rings (SSSR count). The van der Waals surface area contributed by atoms with Crippen LogP contribution in [-0.4, -0.2) is 9.97 Å². The quantitative estimate of drug-likeness (QED) is 0.449. The molecule has 3 aliphatic carbocycles. The van der Waals surface area contributed by atoms with E-state index >= 15 is 0 Å². The summed E-state index contributed by atoms with van der Waals surface area (Å²) < 4.78 is 0. The molecule has 1 N–H and O–H groups in total. The number of hydrogen-bond donors (Lipinski definition) is 1. The van der Waals surface area contributed by atoms with Crippen molar-refractivity contribution in [2.45, 2.75) is 38.5 Å². The average Bonchev–Trinajstić information content (AvgIpc) is 3.30. The fraction of sp³-hybridized carbons (Fsp3) is 0.188. The largest absolute Gasteiger partial charge is 0.365 e. The number of aromatic nitrogens is 2. The summed E-state index contributed by atoms with van der Waals surface area (Å²) in [5.74, 6) is 0. The number of allylic oxidation sites excluding steroid dienone is 6. The van der Waals surface area contributed by atoms with Crippen LogP contribution < -0.4 is 5.32 Å². The van der Waals surface area contributed by atoms with Gasteiger partial charge in [-0.3, -0.25) is 0 Å². The zero-order valence-corrected chi connectivity index (χ0v) is 19.9. The number of benzene rings is 2. The molecule has 0 unspecified atom stereocenters. The molecule has 0 saturated carbocycles. The monoisotopic (exact) mass is 455 g/mol. The van der Waals surface area contributed by atoms with E-state index in [0.29, 0.717) is 0 Å². The highest BCUT2D eigenvalue weighted by Gasteiger charge is 2.22. The summed E-state index contributed by atoms with van der Waals surface area (Å²) >= 11 is 0. The van der Waals surface area contributed by atoms with E-state index in [-0.39, 0.29) is 0 Å². The molecule has 0 saturated heterocycles. The van der Waals surface area contributed by atoms with E-state index in [4.69, 9.17) is 0 Å². The molecule has 0 radical (unpaired) electrons. The molecule has 0 fully saturated rings. The molecule has 1 aromatic heterocycles. The summed E-state index contributed by atoms with van der Waals surface area (Å²) in [4.78, 5) is 8.17. The van der Waals surface area contributed by atoms with Crippen molar-refractivity contribution >= 4 is 18.2 Å². The van der Waals surface area contributed by atoms with Gasteiger partial charge in [-0.2, -0.15) is 0 Å². The van der Waals surface area contributed by atoms with Crippen molar-refractivity contribution in [3.05, 3.63) is 124 Å². The standard InChI is InChI=1S/C24H20N2.C8H9N/c1-2-6-20-18(4-1)10-11-24-22-7-3-5-19(21(22)12-13-23(20)24)9-8-17-14-25-16-26-15-17;1-3-8-4-2-7(1)5-6-9-8/h1,3-5,7-11,14-16H,2,6,12-13H2;1,3,5-6,9H,2,4H2/b9-8-;. The highest BCUT2D eigenvalue weighted by molar-refractivity contribution is 5.82. The van der Waals surface area contributed by atoms with Gasteiger partial charge in [-0.05, 0) is 95.2 Å². The van der Waals surface area contributed by atoms with Crippen LogP contribution in [0.1, 0.15) is 52.6 Å². The van der Waals surface area contributed by atoms with Gasteiger partial charge in [0.1, 0.15) is 6.33 Å². The van der Waals surface area contributed by atoms with E-state index in [1.54, 1.807) is 17.5 Å². The second-order valence-electron chi connectivity index (χ2n) is 9.39. The van der Waals surface area contributed by atoms with E-state index < -0.39 is 0 Å². The molecule has 0 atom stereocenters. The molecule has 0 amide bonds. The molecule has 3 nitrogen and oxygen atoms in total. The number of hydrogen-bond acceptors (Lipinski definition) is 3. The maximum absolute atomic E-state index is 4.09. The second-order valence-corrected chi connectivity index (χ2v) is 9.39. The Morgan fingerprint density at radius 2 is 1.63 bits per heavy atom. The Morgan fingerprint density at radius 1 is 0.743 bits per heavy atom. The summed E-state index contributed by atoms with van der Waals surface area (Å²) in [5, 5.41) is 3.20. The molecule has 2 bridgehead atoms. The van der Waals surface area contributed by atoms with Crippen LogP contribution in [0.25, 0.3) is 29.4 Å². The summed E-state index contributed by atoms with van der Waals surface area (Å²) in [6, 6.07) is 11.3. The van der Waals surface area contributed by atoms with Gasteiger partial charge in [-0.1, -0.05) is 60.7 Å². The van der Waals surface area contributed by atoms with Crippen molar-refractivity contribution < 1.29 is 0 Å². The zero-order valence-electron chi connectivity index (χ0n) is 19.9. The molecule has 2 aliphatic heterocycles. The van der Waals surface area contributed by atoms with Gasteiger partial charge < -0.3 is 5.32 Å².